The number of carbonyl (C=O) groups is 1. The van der Waals surface area contributed by atoms with Crippen molar-refractivity contribution in [2.24, 2.45) is 0 Å². The second kappa shape index (κ2) is 6.71. The molecule has 0 unspecified atom stereocenters. The van der Waals surface area contributed by atoms with Crippen LogP contribution in [0.25, 0.3) is 0 Å². The molecule has 106 valence electrons. The number of aryl methyl sites for hydroxylation is 1. The highest BCUT2D eigenvalue weighted by atomic mass is 16.2. The lowest BCUT2D eigenvalue weighted by atomic mass is 10.1. The molecule has 0 spiro atoms. The van der Waals surface area contributed by atoms with Gasteiger partial charge in [0.25, 0.3) is 0 Å². The lowest BCUT2D eigenvalue weighted by molar-refractivity contribution is -0.117. The van der Waals surface area contributed by atoms with E-state index in [0.29, 0.717) is 18.5 Å². The zero-order valence-electron chi connectivity index (χ0n) is 12.3. The SMILES string of the molecule is CCN(C(=O)Cc1ccc(C#N)cc1)c1ccccc1C. The minimum absolute atomic E-state index is 0.0662. The maximum Gasteiger partial charge on any atom is 0.231 e. The molecule has 0 heterocycles. The van der Waals surface area contributed by atoms with Crippen LogP contribution in [0.1, 0.15) is 23.6 Å². The standard InChI is InChI=1S/C18H18N2O/c1-3-20(17-7-5-4-6-14(17)2)18(21)12-15-8-10-16(13-19)11-9-15/h4-11H,3,12H2,1-2H3. The van der Waals surface area contributed by atoms with Gasteiger partial charge in [-0.15, -0.1) is 0 Å². The molecule has 0 radical (unpaired) electrons. The van der Waals surface area contributed by atoms with Gasteiger partial charge in [-0.05, 0) is 43.2 Å². The van der Waals surface area contributed by atoms with Crippen LogP contribution in [0.4, 0.5) is 5.69 Å². The van der Waals surface area contributed by atoms with E-state index in [1.165, 1.54) is 0 Å². The molecule has 3 nitrogen and oxygen atoms in total. The van der Waals surface area contributed by atoms with Crippen molar-refractivity contribution in [3.8, 4) is 6.07 Å². The van der Waals surface area contributed by atoms with Gasteiger partial charge in [-0.1, -0.05) is 30.3 Å². The van der Waals surface area contributed by atoms with E-state index in [1.54, 1.807) is 17.0 Å². The maximum atomic E-state index is 12.5. The van der Waals surface area contributed by atoms with Gasteiger partial charge >= 0.3 is 0 Å². The summed E-state index contributed by atoms with van der Waals surface area (Å²) >= 11 is 0. The first-order valence-corrected chi connectivity index (χ1v) is 7.00. The molecule has 2 aromatic carbocycles. The third kappa shape index (κ3) is 3.49. The summed E-state index contributed by atoms with van der Waals surface area (Å²) in [6.07, 6.45) is 0.341. The summed E-state index contributed by atoms with van der Waals surface area (Å²) < 4.78 is 0. The molecule has 3 heteroatoms. The fourth-order valence-electron chi connectivity index (χ4n) is 2.31. The summed E-state index contributed by atoms with van der Waals surface area (Å²) in [4.78, 5) is 14.3. The van der Waals surface area contributed by atoms with Crippen molar-refractivity contribution >= 4 is 11.6 Å². The Balaban J connectivity index is 2.17. The van der Waals surface area contributed by atoms with Crippen molar-refractivity contribution < 1.29 is 4.79 Å². The molecule has 0 aliphatic carbocycles. The van der Waals surface area contributed by atoms with Gasteiger partial charge in [0.1, 0.15) is 0 Å². The first-order valence-electron chi connectivity index (χ1n) is 7.00. The highest BCUT2D eigenvalue weighted by Gasteiger charge is 2.15. The van der Waals surface area contributed by atoms with Gasteiger partial charge in [-0.2, -0.15) is 5.26 Å². The molecule has 2 rings (SSSR count). The van der Waals surface area contributed by atoms with E-state index in [4.69, 9.17) is 5.26 Å². The number of amides is 1. The molecule has 0 bridgehead atoms. The summed E-state index contributed by atoms with van der Waals surface area (Å²) in [6.45, 7) is 4.62. The van der Waals surface area contributed by atoms with Gasteiger partial charge < -0.3 is 4.90 Å². The van der Waals surface area contributed by atoms with Crippen LogP contribution in [0.3, 0.4) is 0 Å². The third-order valence-corrected chi connectivity index (χ3v) is 3.46. The van der Waals surface area contributed by atoms with Crippen molar-refractivity contribution in [1.29, 1.82) is 5.26 Å². The highest BCUT2D eigenvalue weighted by Crippen LogP contribution is 2.20. The van der Waals surface area contributed by atoms with Crippen molar-refractivity contribution in [2.45, 2.75) is 20.3 Å². The first kappa shape index (κ1) is 14.8. The quantitative estimate of drug-likeness (QED) is 0.859. The molecule has 0 aromatic heterocycles. The lowest BCUT2D eigenvalue weighted by Gasteiger charge is -2.23. The number of likely N-dealkylation sites (N-methyl/N-ethyl adjacent to an activating group) is 1. The lowest BCUT2D eigenvalue weighted by Crippen LogP contribution is -2.32. The molecule has 0 N–H and O–H groups in total. The second-order valence-electron chi connectivity index (χ2n) is 4.91. The summed E-state index contributed by atoms with van der Waals surface area (Å²) in [5.74, 6) is 0.0662. The van der Waals surface area contributed by atoms with Crippen LogP contribution in [0.5, 0.6) is 0 Å². The van der Waals surface area contributed by atoms with Crippen LogP contribution in [0.2, 0.25) is 0 Å². The Morgan fingerprint density at radius 1 is 1.14 bits per heavy atom. The fourth-order valence-corrected chi connectivity index (χ4v) is 2.31. The minimum Gasteiger partial charge on any atom is -0.312 e. The average Bonchev–Trinajstić information content (AvgIpc) is 2.50. The predicted molar refractivity (Wildman–Crippen MR) is 84.1 cm³/mol. The Hall–Kier alpha value is -2.60. The van der Waals surface area contributed by atoms with Crippen LogP contribution in [0, 0.1) is 18.3 Å². The summed E-state index contributed by atoms with van der Waals surface area (Å²) in [7, 11) is 0. The second-order valence-corrected chi connectivity index (χ2v) is 4.91. The average molecular weight is 278 g/mol. The van der Waals surface area contributed by atoms with E-state index in [1.807, 2.05) is 50.2 Å². The van der Waals surface area contributed by atoms with Gasteiger partial charge in [0.15, 0.2) is 0 Å². The molecule has 0 saturated heterocycles. The third-order valence-electron chi connectivity index (χ3n) is 3.46. The van der Waals surface area contributed by atoms with Crippen LogP contribution in [-0.4, -0.2) is 12.5 Å². The number of para-hydroxylation sites is 1. The molecule has 0 saturated carbocycles. The normalized spacial score (nSPS) is 9.95. The van der Waals surface area contributed by atoms with Crippen molar-refractivity contribution in [1.82, 2.24) is 0 Å². The van der Waals surface area contributed by atoms with E-state index in [0.717, 1.165) is 16.8 Å². The van der Waals surface area contributed by atoms with Gasteiger partial charge in [-0.3, -0.25) is 4.79 Å². The number of nitriles is 1. The topological polar surface area (TPSA) is 44.1 Å². The number of hydrogen-bond donors (Lipinski definition) is 0. The van der Waals surface area contributed by atoms with E-state index >= 15 is 0 Å². The van der Waals surface area contributed by atoms with Gasteiger partial charge in [0, 0.05) is 12.2 Å². The molecule has 0 fully saturated rings. The first-order chi connectivity index (χ1) is 10.2. The molecular formula is C18H18N2O. The maximum absolute atomic E-state index is 12.5. The van der Waals surface area contributed by atoms with Gasteiger partial charge in [0.05, 0.1) is 18.1 Å². The number of hydrogen-bond acceptors (Lipinski definition) is 2. The molecular weight excluding hydrogens is 260 g/mol. The Bertz CT molecular complexity index is 668. The van der Waals surface area contributed by atoms with E-state index in [2.05, 4.69) is 6.07 Å². The van der Waals surface area contributed by atoms with Crippen LogP contribution < -0.4 is 4.90 Å². The Morgan fingerprint density at radius 2 is 1.81 bits per heavy atom. The number of nitrogens with zero attached hydrogens (tertiary/aromatic N) is 2. The molecule has 21 heavy (non-hydrogen) atoms. The highest BCUT2D eigenvalue weighted by molar-refractivity contribution is 5.95. The van der Waals surface area contributed by atoms with E-state index in [-0.39, 0.29) is 5.91 Å². The molecule has 2 aromatic rings. The Morgan fingerprint density at radius 3 is 2.38 bits per heavy atom. The van der Waals surface area contributed by atoms with Crippen molar-refractivity contribution in [3.63, 3.8) is 0 Å². The largest absolute Gasteiger partial charge is 0.312 e. The van der Waals surface area contributed by atoms with Gasteiger partial charge in [-0.25, -0.2) is 0 Å². The van der Waals surface area contributed by atoms with E-state index in [9.17, 15) is 4.79 Å². The summed E-state index contributed by atoms with van der Waals surface area (Å²) in [5.41, 5.74) is 3.58. The van der Waals surface area contributed by atoms with Crippen LogP contribution >= 0.6 is 0 Å². The number of benzene rings is 2. The molecule has 0 atom stereocenters. The summed E-state index contributed by atoms with van der Waals surface area (Å²) in [5, 5.41) is 8.79. The van der Waals surface area contributed by atoms with Crippen molar-refractivity contribution in [3.05, 3.63) is 65.2 Å². The fraction of sp³-hybridized carbons (Fsp3) is 0.222. The molecule has 0 aliphatic heterocycles. The zero-order chi connectivity index (χ0) is 15.2. The minimum atomic E-state index is 0.0662. The molecule has 0 aliphatic rings. The van der Waals surface area contributed by atoms with Gasteiger partial charge in [0.2, 0.25) is 5.91 Å². The Kier molecular flexibility index (Phi) is 4.73. The number of carbonyl (C=O) groups excluding carboxylic acids is 1. The summed E-state index contributed by atoms with van der Waals surface area (Å²) in [6, 6.07) is 17.1. The van der Waals surface area contributed by atoms with E-state index < -0.39 is 0 Å². The zero-order valence-corrected chi connectivity index (χ0v) is 12.3. The van der Waals surface area contributed by atoms with Crippen LogP contribution in [0.15, 0.2) is 48.5 Å². The number of rotatable bonds is 4. The van der Waals surface area contributed by atoms with Crippen LogP contribution in [-0.2, 0) is 11.2 Å². The smallest absolute Gasteiger partial charge is 0.231 e. The number of anilines is 1. The monoisotopic (exact) mass is 278 g/mol. The predicted octanol–water partition coefficient (Wildman–Crippen LogP) is 3.46. The Labute approximate surface area is 125 Å². The van der Waals surface area contributed by atoms with Crippen molar-refractivity contribution in [2.75, 3.05) is 11.4 Å². The molecule has 1 amide bonds.